The van der Waals surface area contributed by atoms with E-state index in [-0.39, 0.29) is 65.0 Å². The Morgan fingerprint density at radius 1 is 1.11 bits per heavy atom. The predicted molar refractivity (Wildman–Crippen MR) is 85.2 cm³/mol. The van der Waals surface area contributed by atoms with Crippen molar-refractivity contribution in [1.29, 1.82) is 0 Å². The van der Waals surface area contributed by atoms with Crippen LogP contribution in [0.5, 0.6) is 0 Å². The molecule has 0 aromatic rings. The number of aliphatic imine (C=N–C) groups is 1. The summed E-state index contributed by atoms with van der Waals surface area (Å²) in [5, 5.41) is 8.69. The quantitative estimate of drug-likeness (QED) is 0.274. The fourth-order valence-electron chi connectivity index (χ4n) is 1.63. The molecule has 0 rings (SSSR count). The van der Waals surface area contributed by atoms with E-state index in [1.165, 1.54) is 38.5 Å². The monoisotopic (exact) mass is 290 g/mol. The Hall–Kier alpha value is 1.26. The zero-order chi connectivity index (χ0) is 12.9. The van der Waals surface area contributed by atoms with Crippen molar-refractivity contribution in [2.75, 3.05) is 0 Å². The van der Waals surface area contributed by atoms with Crippen LogP contribution in [0.25, 0.3) is 0 Å². The minimum atomic E-state index is -1.13. The first-order chi connectivity index (χ1) is 8.16. The van der Waals surface area contributed by atoms with Crippen molar-refractivity contribution in [3.05, 3.63) is 0 Å². The fourth-order valence-corrected chi connectivity index (χ4v) is 1.63. The van der Waals surface area contributed by atoms with Crippen LogP contribution in [0.4, 0.5) is 0 Å². The SMILES string of the molecule is CCCCCCCCCCC(=O)N=CC(N)O.[NaH].[NaH]. The first-order valence-electron chi connectivity index (χ1n) is 6.67. The van der Waals surface area contributed by atoms with Crippen molar-refractivity contribution in [1.82, 2.24) is 0 Å². The van der Waals surface area contributed by atoms with Gasteiger partial charge in [0.25, 0.3) is 0 Å². The molecule has 4 nitrogen and oxygen atoms in total. The van der Waals surface area contributed by atoms with Gasteiger partial charge in [0.05, 0.1) is 6.21 Å². The van der Waals surface area contributed by atoms with E-state index in [2.05, 4.69) is 11.9 Å². The number of hydrogen-bond acceptors (Lipinski definition) is 3. The van der Waals surface area contributed by atoms with Crippen molar-refractivity contribution < 1.29 is 9.90 Å². The van der Waals surface area contributed by atoms with Gasteiger partial charge in [-0.2, -0.15) is 0 Å². The Morgan fingerprint density at radius 2 is 1.58 bits per heavy atom. The minimum absolute atomic E-state index is 0. The van der Waals surface area contributed by atoms with Crippen LogP contribution in [0.3, 0.4) is 0 Å². The van der Waals surface area contributed by atoms with Gasteiger partial charge in [-0.25, -0.2) is 4.99 Å². The van der Waals surface area contributed by atoms with Crippen molar-refractivity contribution in [3.8, 4) is 0 Å². The molecule has 3 N–H and O–H groups in total. The first kappa shape index (κ1) is 25.2. The van der Waals surface area contributed by atoms with Crippen LogP contribution in [-0.4, -0.2) is 82.6 Å². The zero-order valence-electron chi connectivity index (χ0n) is 10.9. The number of carbonyl (C=O) groups excluding carboxylic acids is 1. The molecule has 1 amide bonds. The van der Waals surface area contributed by atoms with Crippen LogP contribution in [0.15, 0.2) is 4.99 Å². The molecule has 19 heavy (non-hydrogen) atoms. The molecule has 6 heteroatoms. The van der Waals surface area contributed by atoms with Crippen molar-refractivity contribution in [2.24, 2.45) is 10.7 Å². The number of nitrogens with two attached hydrogens (primary N) is 1. The summed E-state index contributed by atoms with van der Waals surface area (Å²) >= 11 is 0. The molecule has 104 valence electrons. The first-order valence-corrected chi connectivity index (χ1v) is 6.67. The second-order valence-corrected chi connectivity index (χ2v) is 4.39. The number of unbranched alkanes of at least 4 members (excludes halogenated alkanes) is 7. The zero-order valence-corrected chi connectivity index (χ0v) is 10.9. The normalized spacial score (nSPS) is 11.7. The summed E-state index contributed by atoms with van der Waals surface area (Å²) in [5.74, 6) is -0.194. The molecule has 0 aliphatic heterocycles. The van der Waals surface area contributed by atoms with Crippen LogP contribution >= 0.6 is 0 Å². The van der Waals surface area contributed by atoms with Gasteiger partial charge >= 0.3 is 59.1 Å². The molecule has 0 saturated heterocycles. The Bertz CT molecular complexity index is 225. The van der Waals surface area contributed by atoms with Crippen molar-refractivity contribution >= 4 is 71.2 Å². The number of hydrogen-bond donors (Lipinski definition) is 2. The standard InChI is InChI=1S/C13H26N2O2.2Na.2H/c1-2-3-4-5-6-7-8-9-10-13(17)15-11-12(14)16;;;;/h11-12,16H,2-10,14H2,1H3;;;;. The predicted octanol–water partition coefficient (Wildman–Crippen LogP) is 1.09. The molecule has 0 aliphatic rings. The van der Waals surface area contributed by atoms with Crippen LogP contribution < -0.4 is 5.73 Å². The molecule has 1 unspecified atom stereocenters. The summed E-state index contributed by atoms with van der Waals surface area (Å²) in [6.07, 6.45) is 10.1. The number of carbonyl (C=O) groups is 1. The number of nitrogens with zero attached hydrogens (tertiary/aromatic N) is 1. The third kappa shape index (κ3) is 21.7. The van der Waals surface area contributed by atoms with E-state index < -0.39 is 6.23 Å². The van der Waals surface area contributed by atoms with E-state index in [0.717, 1.165) is 19.1 Å². The van der Waals surface area contributed by atoms with Gasteiger partial charge in [-0.3, -0.25) is 4.79 Å². The van der Waals surface area contributed by atoms with Crippen LogP contribution in [-0.2, 0) is 4.79 Å². The van der Waals surface area contributed by atoms with Crippen molar-refractivity contribution in [3.63, 3.8) is 0 Å². The molecule has 0 aromatic heterocycles. The van der Waals surface area contributed by atoms with E-state index in [1.54, 1.807) is 0 Å². The van der Waals surface area contributed by atoms with Gasteiger partial charge in [-0.1, -0.05) is 51.9 Å². The van der Waals surface area contributed by atoms with Gasteiger partial charge < -0.3 is 10.8 Å². The van der Waals surface area contributed by atoms with Crippen LogP contribution in [0.2, 0.25) is 0 Å². The molecule has 0 aliphatic carbocycles. The molecular formula is C13H28N2Na2O2. The Morgan fingerprint density at radius 3 is 2.05 bits per heavy atom. The topological polar surface area (TPSA) is 75.7 Å². The second kappa shape index (κ2) is 19.3. The van der Waals surface area contributed by atoms with Crippen LogP contribution in [0, 0.1) is 0 Å². The molecule has 0 heterocycles. The van der Waals surface area contributed by atoms with Gasteiger partial charge in [0, 0.05) is 6.42 Å². The van der Waals surface area contributed by atoms with Gasteiger partial charge in [0.15, 0.2) is 0 Å². The summed E-state index contributed by atoms with van der Waals surface area (Å²) in [7, 11) is 0. The average Bonchev–Trinajstić information content (AvgIpc) is 2.30. The summed E-state index contributed by atoms with van der Waals surface area (Å²) in [5.41, 5.74) is 5.03. The molecule has 0 fully saturated rings. The second-order valence-electron chi connectivity index (χ2n) is 4.39. The van der Waals surface area contributed by atoms with E-state index in [9.17, 15) is 4.79 Å². The van der Waals surface area contributed by atoms with E-state index in [1.807, 2.05) is 0 Å². The Labute approximate surface area is 161 Å². The van der Waals surface area contributed by atoms with Gasteiger partial charge in [0.1, 0.15) is 6.23 Å². The third-order valence-corrected chi connectivity index (χ3v) is 2.62. The summed E-state index contributed by atoms with van der Waals surface area (Å²) in [4.78, 5) is 14.7. The average molecular weight is 290 g/mol. The fraction of sp³-hybridized carbons (Fsp3) is 0.846. The number of aliphatic hydroxyl groups is 1. The number of amides is 1. The summed E-state index contributed by atoms with van der Waals surface area (Å²) < 4.78 is 0. The van der Waals surface area contributed by atoms with E-state index in [0.29, 0.717) is 6.42 Å². The maximum absolute atomic E-state index is 11.2. The molecule has 0 bridgehead atoms. The van der Waals surface area contributed by atoms with Crippen molar-refractivity contribution in [2.45, 2.75) is 70.9 Å². The van der Waals surface area contributed by atoms with Crippen LogP contribution in [0.1, 0.15) is 64.7 Å². The molecule has 0 radical (unpaired) electrons. The Balaban J connectivity index is -0.00000128. The molecule has 0 spiro atoms. The third-order valence-electron chi connectivity index (χ3n) is 2.62. The van der Waals surface area contributed by atoms with Gasteiger partial charge in [0.2, 0.25) is 5.91 Å². The molecule has 1 atom stereocenters. The molecule has 0 aromatic carbocycles. The van der Waals surface area contributed by atoms with E-state index in [4.69, 9.17) is 10.8 Å². The molecule has 0 saturated carbocycles. The van der Waals surface area contributed by atoms with Gasteiger partial charge in [-0.05, 0) is 6.42 Å². The maximum atomic E-state index is 11.2. The summed E-state index contributed by atoms with van der Waals surface area (Å²) in [6, 6.07) is 0. The Kier molecular flexibility index (Phi) is 25.6. The van der Waals surface area contributed by atoms with E-state index >= 15 is 0 Å². The number of aliphatic hydroxyl groups excluding tert-OH is 1. The molecular weight excluding hydrogens is 262 g/mol. The summed E-state index contributed by atoms with van der Waals surface area (Å²) in [6.45, 7) is 2.21. The van der Waals surface area contributed by atoms with Gasteiger partial charge in [-0.15, -0.1) is 0 Å². The number of rotatable bonds is 10.